The Morgan fingerprint density at radius 1 is 0.828 bits per heavy atom. The molecule has 0 aliphatic carbocycles. The molecule has 0 fully saturated rings. The van der Waals surface area contributed by atoms with Crippen LogP contribution in [0.5, 0.6) is 0 Å². The summed E-state index contributed by atoms with van der Waals surface area (Å²) in [5.41, 5.74) is 6.93. The van der Waals surface area contributed by atoms with Crippen LogP contribution in [0.15, 0.2) is 66.6 Å². The van der Waals surface area contributed by atoms with Crippen LogP contribution in [-0.2, 0) is 0 Å². The van der Waals surface area contributed by atoms with Crippen LogP contribution in [0, 0.1) is 0 Å². The lowest BCUT2D eigenvalue weighted by Crippen LogP contribution is -1.88. The van der Waals surface area contributed by atoms with E-state index >= 15 is 0 Å². The second kappa shape index (κ2) is 6.32. The van der Waals surface area contributed by atoms with Crippen LogP contribution in [-0.4, -0.2) is 35.1 Å². The van der Waals surface area contributed by atoms with Crippen molar-refractivity contribution in [2.75, 3.05) is 0 Å². The molecule has 5 aromatic heterocycles. The van der Waals surface area contributed by atoms with Gasteiger partial charge in [0.2, 0.25) is 0 Å². The zero-order valence-electron chi connectivity index (χ0n) is 15.0. The monoisotopic (exact) mass is 395 g/mol. The molecule has 0 spiro atoms. The number of benzene rings is 1. The number of hydrogen-bond donors (Lipinski definition) is 2. The quantitative estimate of drug-likeness (QED) is 0.453. The molecule has 0 aliphatic rings. The normalized spacial score (nSPS) is 11.4. The van der Waals surface area contributed by atoms with E-state index in [0.29, 0.717) is 11.5 Å². The Balaban J connectivity index is 1.53. The molecule has 0 amide bonds. The molecule has 8 heteroatoms. The van der Waals surface area contributed by atoms with E-state index in [1.807, 2.05) is 30.3 Å². The summed E-state index contributed by atoms with van der Waals surface area (Å²) in [4.78, 5) is 22.4. The van der Waals surface area contributed by atoms with Crippen LogP contribution < -0.4 is 0 Å². The van der Waals surface area contributed by atoms with E-state index in [4.69, 9.17) is 9.97 Å². The Bertz CT molecular complexity index is 1450. The molecule has 0 atom stereocenters. The minimum absolute atomic E-state index is 0.684. The zero-order valence-corrected chi connectivity index (χ0v) is 15.8. The van der Waals surface area contributed by atoms with Crippen LogP contribution in [0.2, 0.25) is 0 Å². The molecule has 0 unspecified atom stereocenters. The molecule has 138 valence electrons. The molecule has 2 N–H and O–H groups in total. The highest BCUT2D eigenvalue weighted by Crippen LogP contribution is 2.33. The summed E-state index contributed by atoms with van der Waals surface area (Å²) in [7, 11) is 0. The van der Waals surface area contributed by atoms with Gasteiger partial charge in [0.1, 0.15) is 11.8 Å². The van der Waals surface area contributed by atoms with Gasteiger partial charge < -0.3 is 4.98 Å². The fourth-order valence-electron chi connectivity index (χ4n) is 3.43. The number of fused-ring (bicyclic) bond motifs is 2. The lowest BCUT2D eigenvalue weighted by atomic mass is 10.1. The molecule has 0 bridgehead atoms. The van der Waals surface area contributed by atoms with Gasteiger partial charge in [-0.25, -0.2) is 19.9 Å². The summed E-state index contributed by atoms with van der Waals surface area (Å²) in [5, 5.41) is 9.60. The Morgan fingerprint density at radius 3 is 2.62 bits per heavy atom. The Labute approximate surface area is 168 Å². The van der Waals surface area contributed by atoms with Crippen LogP contribution in [0.3, 0.4) is 0 Å². The molecule has 29 heavy (non-hydrogen) atoms. The topological polar surface area (TPSA) is 96.0 Å². The van der Waals surface area contributed by atoms with Gasteiger partial charge in [0.15, 0.2) is 11.5 Å². The van der Waals surface area contributed by atoms with Crippen molar-refractivity contribution < 1.29 is 0 Å². The minimum atomic E-state index is 0.684. The predicted molar refractivity (Wildman–Crippen MR) is 113 cm³/mol. The summed E-state index contributed by atoms with van der Waals surface area (Å²) in [5.74, 6) is 0.684. The van der Waals surface area contributed by atoms with E-state index in [1.165, 1.54) is 11.2 Å². The van der Waals surface area contributed by atoms with Gasteiger partial charge in [0.25, 0.3) is 0 Å². The third kappa shape index (κ3) is 2.61. The Hall–Kier alpha value is -3.91. The van der Waals surface area contributed by atoms with Crippen molar-refractivity contribution in [3.63, 3.8) is 0 Å². The molecular formula is C21H13N7S. The van der Waals surface area contributed by atoms with Gasteiger partial charge in [0, 0.05) is 28.4 Å². The second-order valence-corrected chi connectivity index (χ2v) is 7.50. The van der Waals surface area contributed by atoms with E-state index in [0.717, 1.165) is 38.9 Å². The number of imidazole rings is 1. The van der Waals surface area contributed by atoms with Gasteiger partial charge in [-0.3, -0.25) is 5.10 Å². The maximum Gasteiger partial charge on any atom is 0.161 e. The number of rotatable bonds is 3. The van der Waals surface area contributed by atoms with Gasteiger partial charge in [-0.15, -0.1) is 11.3 Å². The van der Waals surface area contributed by atoms with E-state index in [1.54, 1.807) is 23.7 Å². The number of para-hydroxylation sites is 1. The van der Waals surface area contributed by atoms with Gasteiger partial charge in [-0.2, -0.15) is 5.10 Å². The van der Waals surface area contributed by atoms with Crippen molar-refractivity contribution in [2.24, 2.45) is 0 Å². The van der Waals surface area contributed by atoms with Crippen molar-refractivity contribution in [2.45, 2.75) is 0 Å². The van der Waals surface area contributed by atoms with Crippen molar-refractivity contribution in [3.05, 3.63) is 66.6 Å². The fraction of sp³-hybridized carbons (Fsp3) is 0. The van der Waals surface area contributed by atoms with E-state index < -0.39 is 0 Å². The molecule has 0 aliphatic heterocycles. The highest BCUT2D eigenvalue weighted by atomic mass is 32.1. The summed E-state index contributed by atoms with van der Waals surface area (Å²) < 4.78 is 0. The number of nitrogens with one attached hydrogen (secondary N) is 2. The molecule has 1 aromatic carbocycles. The van der Waals surface area contributed by atoms with Gasteiger partial charge in [0.05, 0.1) is 22.2 Å². The number of pyridine rings is 1. The SMILES string of the molecule is c1csc(-c2cccc3[nH]c(-c4n[nH]c5ccc(-c6cncnc6)nc45)nc23)c1. The van der Waals surface area contributed by atoms with E-state index in [2.05, 4.69) is 42.7 Å². The van der Waals surface area contributed by atoms with Gasteiger partial charge in [-0.1, -0.05) is 18.2 Å². The van der Waals surface area contributed by atoms with Crippen molar-refractivity contribution in [3.8, 4) is 33.2 Å². The first-order chi connectivity index (χ1) is 14.4. The summed E-state index contributed by atoms with van der Waals surface area (Å²) in [6.07, 6.45) is 5.00. The van der Waals surface area contributed by atoms with Crippen LogP contribution in [0.25, 0.3) is 55.3 Å². The number of H-pyrrole nitrogens is 2. The third-order valence-corrected chi connectivity index (χ3v) is 5.69. The Kier molecular flexibility index (Phi) is 3.50. The van der Waals surface area contributed by atoms with Crippen LogP contribution in [0.4, 0.5) is 0 Å². The molecule has 0 saturated carbocycles. The third-order valence-electron chi connectivity index (χ3n) is 4.79. The van der Waals surface area contributed by atoms with E-state index in [-0.39, 0.29) is 0 Å². The van der Waals surface area contributed by atoms with Crippen LogP contribution >= 0.6 is 11.3 Å². The zero-order chi connectivity index (χ0) is 19.2. The highest BCUT2D eigenvalue weighted by Gasteiger charge is 2.17. The first-order valence-electron chi connectivity index (χ1n) is 9.00. The Morgan fingerprint density at radius 2 is 1.76 bits per heavy atom. The van der Waals surface area contributed by atoms with Crippen LogP contribution in [0.1, 0.15) is 0 Å². The lowest BCUT2D eigenvalue weighted by molar-refractivity contribution is 1.10. The molecule has 7 nitrogen and oxygen atoms in total. The van der Waals surface area contributed by atoms with Gasteiger partial charge in [-0.05, 0) is 29.6 Å². The highest BCUT2D eigenvalue weighted by molar-refractivity contribution is 7.13. The fourth-order valence-corrected chi connectivity index (χ4v) is 4.18. The number of thiophene rings is 1. The lowest BCUT2D eigenvalue weighted by Gasteiger charge is -2.00. The average Bonchev–Trinajstić information content (AvgIpc) is 3.52. The smallest absolute Gasteiger partial charge is 0.161 e. The first-order valence-corrected chi connectivity index (χ1v) is 9.88. The molecule has 0 radical (unpaired) electrons. The maximum absolute atomic E-state index is 4.87. The second-order valence-electron chi connectivity index (χ2n) is 6.56. The number of hydrogen-bond acceptors (Lipinski definition) is 6. The standard InChI is InChI=1S/C21H13N7S/c1-3-13(17-5-2-8-29-17)18-15(4-1)25-21(26-18)20-19-16(27-28-20)7-6-14(24-19)12-9-22-11-23-10-12/h1-11H,(H,25,26)(H,27,28). The van der Waals surface area contributed by atoms with Crippen molar-refractivity contribution in [1.29, 1.82) is 0 Å². The van der Waals surface area contributed by atoms with Crippen molar-refractivity contribution in [1.82, 2.24) is 35.1 Å². The largest absolute Gasteiger partial charge is 0.336 e. The molecular weight excluding hydrogens is 382 g/mol. The van der Waals surface area contributed by atoms with Crippen molar-refractivity contribution >= 4 is 33.4 Å². The molecule has 0 saturated heterocycles. The predicted octanol–water partition coefficient (Wildman–Crippen LogP) is 4.69. The molecule has 6 aromatic rings. The first kappa shape index (κ1) is 16.1. The number of aromatic amines is 2. The summed E-state index contributed by atoms with van der Waals surface area (Å²) in [6, 6.07) is 14.2. The maximum atomic E-state index is 4.87. The average molecular weight is 395 g/mol. The molecule has 6 rings (SSSR count). The van der Waals surface area contributed by atoms with E-state index in [9.17, 15) is 0 Å². The number of aromatic nitrogens is 7. The summed E-state index contributed by atoms with van der Waals surface area (Å²) in [6.45, 7) is 0. The minimum Gasteiger partial charge on any atom is -0.336 e. The molecule has 5 heterocycles. The number of nitrogens with zero attached hydrogens (tertiary/aromatic N) is 5. The summed E-state index contributed by atoms with van der Waals surface area (Å²) >= 11 is 1.70. The van der Waals surface area contributed by atoms with Gasteiger partial charge >= 0.3 is 0 Å².